The van der Waals surface area contributed by atoms with Gasteiger partial charge in [0.05, 0.1) is 19.4 Å². The van der Waals surface area contributed by atoms with Gasteiger partial charge < -0.3 is 20.2 Å². The van der Waals surface area contributed by atoms with Crippen LogP contribution in [-0.4, -0.2) is 31.2 Å². The van der Waals surface area contributed by atoms with Crippen molar-refractivity contribution in [2.45, 2.75) is 12.5 Å². The predicted octanol–water partition coefficient (Wildman–Crippen LogP) is 2.02. The summed E-state index contributed by atoms with van der Waals surface area (Å²) >= 11 is 5.65. The number of guanidine groups is 1. The van der Waals surface area contributed by atoms with E-state index in [0.717, 1.165) is 0 Å². The Labute approximate surface area is 135 Å². The van der Waals surface area contributed by atoms with Crippen molar-refractivity contribution in [1.29, 1.82) is 0 Å². The van der Waals surface area contributed by atoms with Gasteiger partial charge in [-0.1, -0.05) is 18.2 Å². The molecule has 108 valence electrons. The molecule has 0 aliphatic rings. The van der Waals surface area contributed by atoms with Gasteiger partial charge in [-0.3, -0.25) is 4.99 Å². The third-order valence-electron chi connectivity index (χ3n) is 2.32. The van der Waals surface area contributed by atoms with E-state index in [9.17, 15) is 5.11 Å². The summed E-state index contributed by atoms with van der Waals surface area (Å²) in [6.45, 7) is 5.89. The number of halogens is 2. The Hall–Kier alpha value is -0.730. The number of aliphatic hydroxyl groups is 1. The van der Waals surface area contributed by atoms with Crippen molar-refractivity contribution in [3.8, 4) is 0 Å². The Morgan fingerprint density at radius 3 is 2.74 bits per heavy atom. The maximum atomic E-state index is 10.2. The molecule has 1 atom stereocenters. The van der Waals surface area contributed by atoms with Crippen molar-refractivity contribution >= 4 is 41.5 Å². The second kappa shape index (κ2) is 8.44. The Morgan fingerprint density at radius 1 is 1.58 bits per heavy atom. The summed E-state index contributed by atoms with van der Waals surface area (Å²) in [7, 11) is 1.63. The van der Waals surface area contributed by atoms with Crippen molar-refractivity contribution in [2.24, 2.45) is 4.99 Å². The van der Waals surface area contributed by atoms with Crippen LogP contribution < -0.4 is 10.6 Å². The monoisotopic (exact) mass is 399 g/mol. The van der Waals surface area contributed by atoms with Crippen LogP contribution in [0, 0.1) is 0 Å². The molecular weight excluding hydrogens is 381 g/mol. The van der Waals surface area contributed by atoms with E-state index in [1.165, 1.54) is 6.26 Å². The molecule has 0 aromatic carbocycles. The molecule has 3 N–H and O–H groups in total. The number of aliphatic imine (C=N–C) groups is 1. The molecule has 0 aliphatic heterocycles. The normalized spacial score (nSPS) is 14.2. The zero-order chi connectivity index (χ0) is 13.6. The van der Waals surface area contributed by atoms with E-state index in [2.05, 4.69) is 22.2 Å². The fourth-order valence-electron chi connectivity index (χ4n) is 1.33. The highest BCUT2D eigenvalue weighted by Gasteiger charge is 2.26. The summed E-state index contributed by atoms with van der Waals surface area (Å²) in [5.41, 5.74) is -1.11. The van der Waals surface area contributed by atoms with Gasteiger partial charge in [0.15, 0.2) is 5.96 Å². The molecule has 0 saturated heterocycles. The van der Waals surface area contributed by atoms with Crippen LogP contribution in [0.1, 0.15) is 12.7 Å². The largest absolute Gasteiger partial charge is 0.466 e. The van der Waals surface area contributed by atoms with Gasteiger partial charge in [0.1, 0.15) is 11.4 Å². The SMILES string of the molecule is C=C(Cl)CNC(=NC)NCC(C)(O)c1ccco1.I. The molecule has 1 heterocycles. The van der Waals surface area contributed by atoms with Crippen LogP contribution in [0.15, 0.2) is 39.4 Å². The fourth-order valence-corrected chi connectivity index (χ4v) is 1.40. The number of nitrogens with one attached hydrogen (secondary N) is 2. The predicted molar refractivity (Wildman–Crippen MR) is 88.1 cm³/mol. The number of nitrogens with zero attached hydrogens (tertiary/aromatic N) is 1. The highest BCUT2D eigenvalue weighted by Crippen LogP contribution is 2.19. The van der Waals surface area contributed by atoms with Gasteiger partial charge in [-0.25, -0.2) is 0 Å². The standard InChI is InChI=1S/C12H18ClN3O2.HI/c1-9(13)7-15-11(14-3)16-8-12(2,17)10-5-4-6-18-10;/h4-6,17H,1,7-8H2,2-3H3,(H2,14,15,16);1H. The van der Waals surface area contributed by atoms with Crippen LogP contribution in [0.25, 0.3) is 0 Å². The number of hydrogen-bond acceptors (Lipinski definition) is 3. The highest BCUT2D eigenvalue weighted by molar-refractivity contribution is 14.0. The molecule has 1 aromatic heterocycles. The van der Waals surface area contributed by atoms with Crippen molar-refractivity contribution in [3.05, 3.63) is 35.8 Å². The first kappa shape index (κ1) is 18.3. The molecule has 0 bridgehead atoms. The zero-order valence-electron chi connectivity index (χ0n) is 10.9. The maximum Gasteiger partial charge on any atom is 0.191 e. The summed E-state index contributed by atoms with van der Waals surface area (Å²) in [6.07, 6.45) is 1.52. The average molecular weight is 400 g/mol. The molecule has 1 unspecified atom stereocenters. The summed E-state index contributed by atoms with van der Waals surface area (Å²) in [5.74, 6) is 1.02. The molecule has 0 radical (unpaired) electrons. The Kier molecular flexibility index (Phi) is 8.12. The van der Waals surface area contributed by atoms with Crippen LogP contribution in [0.3, 0.4) is 0 Å². The molecular formula is C12H19ClIN3O2. The summed E-state index contributed by atoms with van der Waals surface area (Å²) < 4.78 is 5.18. The van der Waals surface area contributed by atoms with Gasteiger partial charge in [-0.2, -0.15) is 0 Å². The van der Waals surface area contributed by atoms with Crippen LogP contribution in [0.4, 0.5) is 0 Å². The summed E-state index contributed by atoms with van der Waals surface area (Å²) in [4.78, 5) is 4.00. The van der Waals surface area contributed by atoms with E-state index in [4.69, 9.17) is 16.0 Å². The molecule has 7 heteroatoms. The van der Waals surface area contributed by atoms with E-state index >= 15 is 0 Å². The van der Waals surface area contributed by atoms with Crippen LogP contribution in [-0.2, 0) is 5.60 Å². The minimum Gasteiger partial charge on any atom is -0.466 e. The van der Waals surface area contributed by atoms with Gasteiger partial charge in [-0.05, 0) is 19.1 Å². The Morgan fingerprint density at radius 2 is 2.26 bits per heavy atom. The first-order chi connectivity index (χ1) is 8.45. The van der Waals surface area contributed by atoms with E-state index in [1.54, 1.807) is 26.1 Å². The van der Waals surface area contributed by atoms with E-state index in [0.29, 0.717) is 23.3 Å². The van der Waals surface area contributed by atoms with Gasteiger partial charge in [0.2, 0.25) is 0 Å². The molecule has 1 aromatic rings. The summed E-state index contributed by atoms with van der Waals surface area (Å²) in [6, 6.07) is 3.45. The zero-order valence-corrected chi connectivity index (χ0v) is 14.0. The molecule has 0 fully saturated rings. The quantitative estimate of drug-likeness (QED) is 0.402. The second-order valence-electron chi connectivity index (χ2n) is 4.05. The second-order valence-corrected chi connectivity index (χ2v) is 4.58. The lowest BCUT2D eigenvalue weighted by molar-refractivity contribution is 0.0386. The van der Waals surface area contributed by atoms with Crippen LogP contribution >= 0.6 is 35.6 Å². The van der Waals surface area contributed by atoms with Gasteiger partial charge in [-0.15, -0.1) is 24.0 Å². The Bertz CT molecular complexity index is 419. The third kappa shape index (κ3) is 6.31. The lowest BCUT2D eigenvalue weighted by atomic mass is 10.0. The van der Waals surface area contributed by atoms with E-state index < -0.39 is 5.60 Å². The smallest absolute Gasteiger partial charge is 0.191 e. The molecule has 0 saturated carbocycles. The van der Waals surface area contributed by atoms with Crippen LogP contribution in [0.2, 0.25) is 0 Å². The van der Waals surface area contributed by atoms with E-state index in [1.807, 2.05) is 0 Å². The maximum absolute atomic E-state index is 10.2. The number of furan rings is 1. The van der Waals surface area contributed by atoms with Crippen molar-refractivity contribution in [2.75, 3.05) is 20.1 Å². The third-order valence-corrected chi connectivity index (χ3v) is 2.46. The minimum atomic E-state index is -1.11. The minimum absolute atomic E-state index is 0. The van der Waals surface area contributed by atoms with Crippen molar-refractivity contribution in [1.82, 2.24) is 10.6 Å². The van der Waals surface area contributed by atoms with Crippen molar-refractivity contribution < 1.29 is 9.52 Å². The van der Waals surface area contributed by atoms with Gasteiger partial charge in [0.25, 0.3) is 0 Å². The molecule has 19 heavy (non-hydrogen) atoms. The number of hydrogen-bond donors (Lipinski definition) is 3. The molecule has 1 rings (SSSR count). The van der Waals surface area contributed by atoms with Gasteiger partial charge in [0, 0.05) is 12.1 Å². The average Bonchev–Trinajstić information content (AvgIpc) is 2.83. The van der Waals surface area contributed by atoms with Crippen LogP contribution in [0.5, 0.6) is 0 Å². The van der Waals surface area contributed by atoms with Gasteiger partial charge >= 0.3 is 0 Å². The molecule has 0 spiro atoms. The molecule has 5 nitrogen and oxygen atoms in total. The molecule has 0 aliphatic carbocycles. The first-order valence-corrected chi connectivity index (χ1v) is 5.87. The van der Waals surface area contributed by atoms with Crippen molar-refractivity contribution in [3.63, 3.8) is 0 Å². The topological polar surface area (TPSA) is 69.8 Å². The van der Waals surface area contributed by atoms with E-state index in [-0.39, 0.29) is 30.5 Å². The first-order valence-electron chi connectivity index (χ1n) is 5.50. The summed E-state index contributed by atoms with van der Waals surface area (Å²) in [5, 5.41) is 16.6. The highest BCUT2D eigenvalue weighted by atomic mass is 127. The number of rotatable bonds is 5. The fraction of sp³-hybridized carbons (Fsp3) is 0.417. The lowest BCUT2D eigenvalue weighted by Crippen LogP contribution is -2.44. The lowest BCUT2D eigenvalue weighted by Gasteiger charge is -2.22. The Balaban J connectivity index is 0.00000324. The molecule has 0 amide bonds.